The maximum absolute atomic E-state index is 12.0. The van der Waals surface area contributed by atoms with Crippen molar-refractivity contribution in [3.8, 4) is 0 Å². The van der Waals surface area contributed by atoms with Crippen molar-refractivity contribution >= 4 is 17.5 Å². The van der Waals surface area contributed by atoms with E-state index in [1.165, 1.54) is 38.5 Å². The van der Waals surface area contributed by atoms with E-state index in [4.69, 9.17) is 11.6 Å². The van der Waals surface area contributed by atoms with Crippen molar-refractivity contribution in [1.29, 1.82) is 0 Å². The van der Waals surface area contributed by atoms with E-state index in [9.17, 15) is 4.79 Å². The highest BCUT2D eigenvalue weighted by Crippen LogP contribution is 2.44. The van der Waals surface area contributed by atoms with Gasteiger partial charge in [0.15, 0.2) is 0 Å². The van der Waals surface area contributed by atoms with Gasteiger partial charge in [0.05, 0.1) is 6.17 Å². The smallest absolute Gasteiger partial charge is 0.222 e. The Morgan fingerprint density at radius 3 is 2.44 bits per heavy atom. The summed E-state index contributed by atoms with van der Waals surface area (Å²) >= 11 is 7.00. The lowest BCUT2D eigenvalue weighted by molar-refractivity contribution is -0.133. The maximum Gasteiger partial charge on any atom is 0.222 e. The number of halogens is 1. The fourth-order valence-electron chi connectivity index (χ4n) is 6.17. The molecule has 0 aromatic heterocycles. The van der Waals surface area contributed by atoms with Gasteiger partial charge in [0, 0.05) is 56.6 Å². The molecular weight excluding hydrogens is 360 g/mol. The van der Waals surface area contributed by atoms with Crippen molar-refractivity contribution in [2.45, 2.75) is 75.9 Å². The summed E-state index contributed by atoms with van der Waals surface area (Å²) in [7, 11) is 0. The molecule has 6 heteroatoms. The van der Waals surface area contributed by atoms with E-state index in [0.717, 1.165) is 45.2 Å². The Hall–Kier alpha value is -0.360. The van der Waals surface area contributed by atoms with Gasteiger partial charge >= 0.3 is 0 Å². The Kier molecular flexibility index (Phi) is 6.63. The topological polar surface area (TPSA) is 47.6 Å². The van der Waals surface area contributed by atoms with Crippen LogP contribution >= 0.6 is 11.6 Å². The van der Waals surface area contributed by atoms with Crippen LogP contribution in [0.1, 0.15) is 58.3 Å². The zero-order valence-corrected chi connectivity index (χ0v) is 17.6. The molecule has 2 heterocycles. The first kappa shape index (κ1) is 19.9. The Morgan fingerprint density at radius 1 is 1.00 bits per heavy atom. The molecule has 0 spiro atoms. The first-order valence-electron chi connectivity index (χ1n) is 11.3. The van der Waals surface area contributed by atoms with Crippen molar-refractivity contribution in [3.05, 3.63) is 0 Å². The van der Waals surface area contributed by atoms with E-state index in [1.807, 2.05) is 11.8 Å². The zero-order chi connectivity index (χ0) is 18.8. The van der Waals surface area contributed by atoms with Crippen molar-refractivity contribution < 1.29 is 4.79 Å². The second-order valence-corrected chi connectivity index (χ2v) is 9.68. The van der Waals surface area contributed by atoms with Crippen molar-refractivity contribution in [1.82, 2.24) is 20.4 Å². The molecule has 0 aromatic carbocycles. The summed E-state index contributed by atoms with van der Waals surface area (Å²) in [5.41, 5.74) is 0. The third kappa shape index (κ3) is 4.31. The molecule has 27 heavy (non-hydrogen) atoms. The molecule has 2 saturated carbocycles. The van der Waals surface area contributed by atoms with Crippen LogP contribution in [0.25, 0.3) is 0 Å². The zero-order valence-electron chi connectivity index (χ0n) is 16.8. The number of hydrogen-bond acceptors (Lipinski definition) is 4. The summed E-state index contributed by atoms with van der Waals surface area (Å²) in [4.78, 5) is 16.6. The summed E-state index contributed by atoms with van der Waals surface area (Å²) in [5.74, 6) is 2.41. The van der Waals surface area contributed by atoms with Gasteiger partial charge in [-0.25, -0.2) is 0 Å². The van der Waals surface area contributed by atoms with Crippen molar-refractivity contribution in [3.63, 3.8) is 0 Å². The Bertz CT molecular complexity index is 504. The molecule has 2 aliphatic heterocycles. The highest BCUT2D eigenvalue weighted by Gasteiger charge is 2.46. The standard InChI is InChI=1S/C21H37ClN4O/c1-2-20(27)25-8-10-26(11-9-25)21-17-12-18(22)16(13-19(17)23-14-24-21)15-6-4-3-5-7-15/h15-19,21,23-24H,2-14H2,1H3. The van der Waals surface area contributed by atoms with Crippen LogP contribution in [0.2, 0.25) is 0 Å². The number of carbonyl (C=O) groups is 1. The third-order valence-electron chi connectivity index (χ3n) is 7.70. The molecule has 2 N–H and O–H groups in total. The van der Waals surface area contributed by atoms with Crippen LogP contribution in [0.5, 0.6) is 0 Å². The van der Waals surface area contributed by atoms with Gasteiger partial charge in [-0.15, -0.1) is 11.6 Å². The normalized spacial score (nSPS) is 39.2. The highest BCUT2D eigenvalue weighted by molar-refractivity contribution is 6.20. The molecule has 5 atom stereocenters. The van der Waals surface area contributed by atoms with Gasteiger partial charge in [0.2, 0.25) is 5.91 Å². The van der Waals surface area contributed by atoms with Crippen LogP contribution in [0.4, 0.5) is 0 Å². The SMILES string of the molecule is CCC(=O)N1CCN(C2NCNC3CC(C4CCCCC4)C(Cl)CC32)CC1. The van der Waals surface area contributed by atoms with Gasteiger partial charge < -0.3 is 10.2 Å². The number of hydrogen-bond donors (Lipinski definition) is 2. The summed E-state index contributed by atoms with van der Waals surface area (Å²) < 4.78 is 0. The van der Waals surface area contributed by atoms with Gasteiger partial charge in [-0.05, 0) is 24.7 Å². The Labute approximate surface area is 169 Å². The van der Waals surface area contributed by atoms with Crippen LogP contribution in [-0.2, 0) is 4.79 Å². The largest absolute Gasteiger partial charge is 0.340 e. The highest BCUT2D eigenvalue weighted by atomic mass is 35.5. The van der Waals surface area contributed by atoms with Crippen molar-refractivity contribution in [2.75, 3.05) is 32.8 Å². The molecule has 0 aromatic rings. The number of piperazine rings is 1. The number of nitrogens with one attached hydrogen (secondary N) is 2. The first-order chi connectivity index (χ1) is 13.2. The molecule has 154 valence electrons. The predicted octanol–water partition coefficient (Wildman–Crippen LogP) is 2.60. The van der Waals surface area contributed by atoms with Crippen molar-refractivity contribution in [2.24, 2.45) is 17.8 Å². The maximum atomic E-state index is 12.0. The van der Waals surface area contributed by atoms with E-state index in [-0.39, 0.29) is 0 Å². The van der Waals surface area contributed by atoms with E-state index in [0.29, 0.717) is 41.7 Å². The molecular formula is C21H37ClN4O. The number of alkyl halides is 1. The summed E-state index contributed by atoms with van der Waals surface area (Å²) in [6, 6.07) is 0.591. The molecule has 4 rings (SSSR count). The van der Waals surface area contributed by atoms with Gasteiger partial charge in [0.1, 0.15) is 0 Å². The quantitative estimate of drug-likeness (QED) is 0.720. The van der Waals surface area contributed by atoms with Crippen LogP contribution < -0.4 is 10.6 Å². The van der Waals surface area contributed by atoms with Crippen LogP contribution in [-0.4, -0.2) is 66.1 Å². The minimum atomic E-state index is 0.291. The molecule has 2 saturated heterocycles. The fraction of sp³-hybridized carbons (Fsp3) is 0.952. The second kappa shape index (κ2) is 8.98. The lowest BCUT2D eigenvalue weighted by atomic mass is 9.67. The molecule has 0 radical (unpaired) electrons. The van der Waals surface area contributed by atoms with Gasteiger partial charge in [-0.3, -0.25) is 15.0 Å². The predicted molar refractivity (Wildman–Crippen MR) is 110 cm³/mol. The minimum Gasteiger partial charge on any atom is -0.340 e. The lowest BCUT2D eigenvalue weighted by Gasteiger charge is -2.52. The summed E-state index contributed by atoms with van der Waals surface area (Å²) in [5, 5.41) is 7.79. The third-order valence-corrected chi connectivity index (χ3v) is 8.21. The summed E-state index contributed by atoms with van der Waals surface area (Å²) in [6.45, 7) is 6.54. The monoisotopic (exact) mass is 396 g/mol. The van der Waals surface area contributed by atoms with E-state index in [2.05, 4.69) is 15.5 Å². The minimum absolute atomic E-state index is 0.291. The Balaban J connectivity index is 1.37. The number of amides is 1. The van der Waals surface area contributed by atoms with Gasteiger partial charge in [-0.2, -0.15) is 0 Å². The van der Waals surface area contributed by atoms with Crippen LogP contribution in [0, 0.1) is 17.8 Å². The van der Waals surface area contributed by atoms with Gasteiger partial charge in [0.25, 0.3) is 0 Å². The molecule has 5 nitrogen and oxygen atoms in total. The Morgan fingerprint density at radius 2 is 1.74 bits per heavy atom. The molecule has 1 amide bonds. The van der Waals surface area contributed by atoms with Crippen LogP contribution in [0.15, 0.2) is 0 Å². The van der Waals surface area contributed by atoms with E-state index < -0.39 is 0 Å². The van der Waals surface area contributed by atoms with E-state index >= 15 is 0 Å². The first-order valence-corrected chi connectivity index (χ1v) is 11.7. The molecule has 0 bridgehead atoms. The molecule has 4 aliphatic rings. The van der Waals surface area contributed by atoms with E-state index in [1.54, 1.807) is 0 Å². The molecule has 5 unspecified atom stereocenters. The number of fused-ring (bicyclic) bond motifs is 1. The lowest BCUT2D eigenvalue weighted by Crippen LogP contribution is -2.68. The molecule has 2 aliphatic carbocycles. The number of nitrogens with zero attached hydrogens (tertiary/aromatic N) is 2. The number of rotatable bonds is 3. The second-order valence-electron chi connectivity index (χ2n) is 9.12. The number of carbonyl (C=O) groups excluding carboxylic acids is 1. The van der Waals surface area contributed by atoms with Gasteiger partial charge in [-0.1, -0.05) is 39.0 Å². The summed E-state index contributed by atoms with van der Waals surface area (Å²) in [6.07, 6.45) is 10.4. The average molecular weight is 397 g/mol. The fourth-order valence-corrected chi connectivity index (χ4v) is 6.68. The molecule has 4 fully saturated rings. The van der Waals surface area contributed by atoms with Crippen LogP contribution in [0.3, 0.4) is 0 Å². The average Bonchev–Trinajstić information content (AvgIpc) is 2.73.